The molecule has 20 heavy (non-hydrogen) atoms. The zero-order chi connectivity index (χ0) is 14.0. The summed E-state index contributed by atoms with van der Waals surface area (Å²) in [5, 5.41) is 0. The number of pyridine rings is 1. The highest BCUT2D eigenvalue weighted by Gasteiger charge is 2.42. The van der Waals surface area contributed by atoms with Crippen molar-refractivity contribution in [1.82, 2.24) is 14.5 Å². The van der Waals surface area contributed by atoms with Gasteiger partial charge in [0.05, 0.1) is 11.7 Å². The Morgan fingerprint density at radius 1 is 1.45 bits per heavy atom. The van der Waals surface area contributed by atoms with Crippen LogP contribution in [0.3, 0.4) is 0 Å². The molecule has 0 radical (unpaired) electrons. The number of imidazole rings is 1. The van der Waals surface area contributed by atoms with E-state index in [2.05, 4.69) is 14.5 Å². The van der Waals surface area contributed by atoms with Crippen LogP contribution in [-0.4, -0.2) is 34.1 Å². The van der Waals surface area contributed by atoms with E-state index in [-0.39, 0.29) is 0 Å². The number of fused-ring (bicyclic) bond motifs is 1. The van der Waals surface area contributed by atoms with Crippen molar-refractivity contribution in [3.8, 4) is 0 Å². The summed E-state index contributed by atoms with van der Waals surface area (Å²) in [5.74, 6) is 1.67. The maximum absolute atomic E-state index is 5.92. The summed E-state index contributed by atoms with van der Waals surface area (Å²) in [6, 6.07) is 2.05. The summed E-state index contributed by atoms with van der Waals surface area (Å²) in [4.78, 5) is 8.84. The van der Waals surface area contributed by atoms with Gasteiger partial charge in [-0.2, -0.15) is 0 Å². The fraction of sp³-hybridized carbons (Fsp3) is 0.600. The van der Waals surface area contributed by atoms with Crippen molar-refractivity contribution in [1.29, 1.82) is 0 Å². The van der Waals surface area contributed by atoms with Gasteiger partial charge in [0, 0.05) is 38.8 Å². The normalized spacial score (nSPS) is 16.7. The summed E-state index contributed by atoms with van der Waals surface area (Å²) in [7, 11) is 1.77. The topological polar surface area (TPSA) is 39.9 Å². The van der Waals surface area contributed by atoms with Gasteiger partial charge < -0.3 is 9.30 Å². The molecule has 0 saturated heterocycles. The third kappa shape index (κ3) is 2.67. The molecule has 1 aliphatic rings. The quantitative estimate of drug-likeness (QED) is 0.737. The van der Waals surface area contributed by atoms with Gasteiger partial charge in [0.1, 0.15) is 11.3 Å². The van der Waals surface area contributed by atoms with Gasteiger partial charge >= 0.3 is 0 Å². The number of hydrogen-bond donors (Lipinski definition) is 0. The standard InChI is InChI=1S/C15H20ClN3O/c1-20-9-6-15(4-5-15)11-19-13-3-8-17-10-12(13)18-14(19)2-7-16/h3,8,10H,2,4-7,9,11H2,1H3. The second-order valence-electron chi connectivity index (χ2n) is 5.66. The number of rotatable bonds is 7. The van der Waals surface area contributed by atoms with E-state index in [0.29, 0.717) is 11.3 Å². The van der Waals surface area contributed by atoms with Crippen molar-refractivity contribution in [2.75, 3.05) is 19.6 Å². The van der Waals surface area contributed by atoms with Crippen molar-refractivity contribution in [2.24, 2.45) is 5.41 Å². The van der Waals surface area contributed by atoms with Crippen LogP contribution in [0.5, 0.6) is 0 Å². The number of aromatic nitrogens is 3. The van der Waals surface area contributed by atoms with E-state index in [1.165, 1.54) is 18.4 Å². The van der Waals surface area contributed by atoms with E-state index in [0.717, 1.165) is 37.3 Å². The Bertz CT molecular complexity index is 592. The Labute approximate surface area is 124 Å². The third-order valence-corrected chi connectivity index (χ3v) is 4.42. The highest BCUT2D eigenvalue weighted by Crippen LogP contribution is 2.50. The monoisotopic (exact) mass is 293 g/mol. The molecule has 1 aliphatic carbocycles. The van der Waals surface area contributed by atoms with Crippen LogP contribution in [0.2, 0.25) is 0 Å². The second kappa shape index (κ2) is 5.70. The fourth-order valence-corrected chi connectivity index (χ4v) is 2.97. The molecule has 4 nitrogen and oxygen atoms in total. The number of aryl methyl sites for hydroxylation is 1. The first-order valence-electron chi connectivity index (χ1n) is 7.12. The smallest absolute Gasteiger partial charge is 0.111 e. The number of methoxy groups -OCH3 is 1. The summed E-state index contributed by atoms with van der Waals surface area (Å²) in [5.41, 5.74) is 2.53. The molecule has 0 spiro atoms. The van der Waals surface area contributed by atoms with Gasteiger partial charge in [-0.05, 0) is 30.7 Å². The highest BCUT2D eigenvalue weighted by atomic mass is 35.5. The maximum Gasteiger partial charge on any atom is 0.111 e. The number of alkyl halides is 1. The molecular weight excluding hydrogens is 274 g/mol. The number of hydrogen-bond acceptors (Lipinski definition) is 3. The van der Waals surface area contributed by atoms with E-state index in [4.69, 9.17) is 16.3 Å². The van der Waals surface area contributed by atoms with Crippen molar-refractivity contribution in [2.45, 2.75) is 32.2 Å². The highest BCUT2D eigenvalue weighted by molar-refractivity contribution is 6.17. The van der Waals surface area contributed by atoms with Crippen LogP contribution in [-0.2, 0) is 17.7 Å². The first-order valence-corrected chi connectivity index (χ1v) is 7.65. The Balaban J connectivity index is 1.91. The zero-order valence-corrected chi connectivity index (χ0v) is 12.6. The molecule has 2 heterocycles. The SMILES string of the molecule is COCCC1(Cn2c(CCCl)nc3cnccc32)CC1. The minimum Gasteiger partial charge on any atom is -0.385 e. The molecule has 108 valence electrons. The largest absolute Gasteiger partial charge is 0.385 e. The molecule has 2 aromatic heterocycles. The molecule has 3 rings (SSSR count). The molecule has 0 N–H and O–H groups in total. The molecule has 0 unspecified atom stereocenters. The van der Waals surface area contributed by atoms with Crippen LogP contribution in [0.1, 0.15) is 25.1 Å². The van der Waals surface area contributed by atoms with Crippen molar-refractivity contribution >= 4 is 22.6 Å². The lowest BCUT2D eigenvalue weighted by atomic mass is 10.0. The lowest BCUT2D eigenvalue weighted by molar-refractivity contribution is 0.167. The van der Waals surface area contributed by atoms with Gasteiger partial charge in [0.2, 0.25) is 0 Å². The van der Waals surface area contributed by atoms with E-state index in [1.54, 1.807) is 7.11 Å². The predicted octanol–water partition coefficient (Wildman–Crippen LogP) is 3.03. The molecule has 1 fully saturated rings. The van der Waals surface area contributed by atoms with Crippen LogP contribution >= 0.6 is 11.6 Å². The number of nitrogens with zero attached hydrogens (tertiary/aromatic N) is 3. The minimum absolute atomic E-state index is 0.397. The second-order valence-corrected chi connectivity index (χ2v) is 6.04. The van der Waals surface area contributed by atoms with E-state index >= 15 is 0 Å². The van der Waals surface area contributed by atoms with Crippen molar-refractivity contribution in [3.63, 3.8) is 0 Å². The maximum atomic E-state index is 5.92. The van der Waals surface area contributed by atoms with Crippen LogP contribution in [0.25, 0.3) is 11.0 Å². The van der Waals surface area contributed by atoms with Gasteiger partial charge in [-0.3, -0.25) is 4.98 Å². The van der Waals surface area contributed by atoms with Gasteiger partial charge in [-0.25, -0.2) is 4.98 Å². The van der Waals surface area contributed by atoms with Gasteiger partial charge in [-0.1, -0.05) is 0 Å². The summed E-state index contributed by atoms with van der Waals surface area (Å²) in [6.45, 7) is 1.85. The minimum atomic E-state index is 0.397. The van der Waals surface area contributed by atoms with Crippen molar-refractivity contribution < 1.29 is 4.74 Å². The van der Waals surface area contributed by atoms with Crippen LogP contribution in [0, 0.1) is 5.41 Å². The van der Waals surface area contributed by atoms with E-state index in [9.17, 15) is 0 Å². The van der Waals surface area contributed by atoms with Crippen LogP contribution < -0.4 is 0 Å². The summed E-state index contributed by atoms with van der Waals surface area (Å²) in [6.07, 6.45) is 8.14. The average Bonchev–Trinajstić information content (AvgIpc) is 3.15. The van der Waals surface area contributed by atoms with E-state index < -0.39 is 0 Å². The summed E-state index contributed by atoms with van der Waals surface area (Å²) >= 11 is 5.92. The molecule has 5 heteroatoms. The van der Waals surface area contributed by atoms with E-state index in [1.807, 2.05) is 18.5 Å². The molecule has 1 saturated carbocycles. The third-order valence-electron chi connectivity index (χ3n) is 4.23. The molecule has 0 bridgehead atoms. The van der Waals surface area contributed by atoms with Gasteiger partial charge in [0.25, 0.3) is 0 Å². The lowest BCUT2D eigenvalue weighted by Gasteiger charge is -2.18. The van der Waals surface area contributed by atoms with Gasteiger partial charge in [0.15, 0.2) is 0 Å². The molecule has 0 amide bonds. The average molecular weight is 294 g/mol. The lowest BCUT2D eigenvalue weighted by Crippen LogP contribution is -2.16. The molecule has 0 aliphatic heterocycles. The zero-order valence-electron chi connectivity index (χ0n) is 11.8. The summed E-state index contributed by atoms with van der Waals surface area (Å²) < 4.78 is 7.58. The molecular formula is C15H20ClN3O. The van der Waals surface area contributed by atoms with Crippen LogP contribution in [0.4, 0.5) is 0 Å². The number of halogens is 1. The first-order chi connectivity index (χ1) is 9.78. The molecule has 0 atom stereocenters. The Kier molecular flexibility index (Phi) is 3.94. The fourth-order valence-electron chi connectivity index (χ4n) is 2.80. The first kappa shape index (κ1) is 13.8. The van der Waals surface area contributed by atoms with Crippen LogP contribution in [0.15, 0.2) is 18.5 Å². The molecule has 0 aromatic carbocycles. The van der Waals surface area contributed by atoms with Gasteiger partial charge in [-0.15, -0.1) is 11.6 Å². The Hall–Kier alpha value is -1.13. The predicted molar refractivity (Wildman–Crippen MR) is 80.1 cm³/mol. The Morgan fingerprint density at radius 3 is 3.00 bits per heavy atom. The van der Waals surface area contributed by atoms with Crippen molar-refractivity contribution in [3.05, 3.63) is 24.3 Å². The Morgan fingerprint density at radius 2 is 2.30 bits per heavy atom. The number of ether oxygens (including phenoxy) is 1. The molecule has 2 aromatic rings.